The molecule has 3 aliphatic rings. The Labute approximate surface area is 142 Å². The Morgan fingerprint density at radius 3 is 2.38 bits per heavy atom. The Kier molecular flexibility index (Phi) is 5.68. The molecule has 3 rings (SSSR count). The molecule has 24 heavy (non-hydrogen) atoms. The normalized spacial score (nSPS) is 25.7. The van der Waals surface area contributed by atoms with E-state index in [1.54, 1.807) is 0 Å². The highest BCUT2D eigenvalue weighted by molar-refractivity contribution is 5.90. The molecule has 0 aromatic carbocycles. The van der Waals surface area contributed by atoms with Gasteiger partial charge >= 0.3 is 0 Å². The molecule has 0 saturated carbocycles. The van der Waals surface area contributed by atoms with Gasteiger partial charge in [0.25, 0.3) is 0 Å². The second-order valence-electron chi connectivity index (χ2n) is 6.57. The van der Waals surface area contributed by atoms with Crippen LogP contribution in [-0.4, -0.2) is 97.5 Å². The molecule has 3 amide bonds. The van der Waals surface area contributed by atoms with E-state index in [4.69, 9.17) is 4.74 Å². The van der Waals surface area contributed by atoms with Gasteiger partial charge in [-0.15, -0.1) is 0 Å². The van der Waals surface area contributed by atoms with E-state index in [-0.39, 0.29) is 23.8 Å². The van der Waals surface area contributed by atoms with Crippen molar-refractivity contribution in [3.63, 3.8) is 0 Å². The largest absolute Gasteiger partial charge is 0.378 e. The summed E-state index contributed by atoms with van der Waals surface area (Å²) in [7, 11) is 0. The van der Waals surface area contributed by atoms with E-state index in [2.05, 4.69) is 10.2 Å². The maximum Gasteiger partial charge on any atom is 0.245 e. The second kappa shape index (κ2) is 7.94. The summed E-state index contributed by atoms with van der Waals surface area (Å²) in [5.74, 6) is 0.184. The number of carbonyl (C=O) groups is 3. The minimum absolute atomic E-state index is 0.0323. The van der Waals surface area contributed by atoms with E-state index in [1.165, 1.54) is 0 Å². The van der Waals surface area contributed by atoms with Crippen molar-refractivity contribution in [2.24, 2.45) is 0 Å². The maximum absolute atomic E-state index is 12.3. The van der Waals surface area contributed by atoms with Crippen LogP contribution >= 0.6 is 0 Å². The third-order valence-corrected chi connectivity index (χ3v) is 4.98. The molecule has 3 fully saturated rings. The van der Waals surface area contributed by atoms with E-state index in [9.17, 15) is 14.4 Å². The zero-order valence-corrected chi connectivity index (χ0v) is 14.0. The molecule has 3 aliphatic heterocycles. The van der Waals surface area contributed by atoms with E-state index >= 15 is 0 Å². The maximum atomic E-state index is 12.3. The van der Waals surface area contributed by atoms with E-state index in [1.807, 2.05) is 9.80 Å². The van der Waals surface area contributed by atoms with Crippen molar-refractivity contribution in [3.05, 3.63) is 0 Å². The van der Waals surface area contributed by atoms with Gasteiger partial charge in [0, 0.05) is 58.7 Å². The summed E-state index contributed by atoms with van der Waals surface area (Å²) < 4.78 is 5.26. The van der Waals surface area contributed by atoms with Crippen LogP contribution in [0.2, 0.25) is 0 Å². The van der Waals surface area contributed by atoms with Crippen molar-refractivity contribution in [3.8, 4) is 0 Å². The molecule has 1 unspecified atom stereocenters. The van der Waals surface area contributed by atoms with Crippen LogP contribution in [0.15, 0.2) is 0 Å². The summed E-state index contributed by atoms with van der Waals surface area (Å²) >= 11 is 0. The Morgan fingerprint density at radius 2 is 1.75 bits per heavy atom. The predicted octanol–water partition coefficient (Wildman–Crippen LogP) is -1.34. The van der Waals surface area contributed by atoms with Gasteiger partial charge in [-0.3, -0.25) is 19.3 Å². The molecule has 1 N–H and O–H groups in total. The Hall–Kier alpha value is -1.67. The van der Waals surface area contributed by atoms with Gasteiger partial charge in [-0.1, -0.05) is 0 Å². The van der Waals surface area contributed by atoms with E-state index in [0.717, 1.165) is 19.6 Å². The molecule has 0 aromatic rings. The van der Waals surface area contributed by atoms with Crippen molar-refractivity contribution in [2.75, 3.05) is 59.0 Å². The average molecular weight is 338 g/mol. The van der Waals surface area contributed by atoms with Crippen molar-refractivity contribution in [2.45, 2.75) is 25.3 Å². The fourth-order valence-electron chi connectivity index (χ4n) is 3.44. The van der Waals surface area contributed by atoms with E-state index < -0.39 is 0 Å². The molecule has 1 atom stereocenters. The summed E-state index contributed by atoms with van der Waals surface area (Å²) in [4.78, 5) is 41.7. The third kappa shape index (κ3) is 4.24. The highest BCUT2D eigenvalue weighted by Crippen LogP contribution is 2.12. The number of nitrogens with one attached hydrogen (secondary N) is 1. The van der Waals surface area contributed by atoms with Crippen molar-refractivity contribution < 1.29 is 19.1 Å². The summed E-state index contributed by atoms with van der Waals surface area (Å²) in [6, 6.07) is -0.341. The molecule has 8 heteroatoms. The number of morpholine rings is 1. The fourth-order valence-corrected chi connectivity index (χ4v) is 3.44. The molecule has 0 radical (unpaired) electrons. The lowest BCUT2D eigenvalue weighted by Gasteiger charge is -2.36. The molecule has 134 valence electrons. The monoisotopic (exact) mass is 338 g/mol. The SMILES string of the molecule is O=C1CCC(C(=O)N2CCN(CCC(=O)N3CCOCC3)CC2)N1. The van der Waals surface area contributed by atoms with Crippen LogP contribution in [0.25, 0.3) is 0 Å². The average Bonchev–Trinajstić information content (AvgIpc) is 3.06. The van der Waals surface area contributed by atoms with Gasteiger partial charge in [0.2, 0.25) is 17.7 Å². The van der Waals surface area contributed by atoms with Gasteiger partial charge in [0.05, 0.1) is 13.2 Å². The van der Waals surface area contributed by atoms with Crippen LogP contribution in [0.1, 0.15) is 19.3 Å². The van der Waals surface area contributed by atoms with Gasteiger partial charge in [0.15, 0.2) is 0 Å². The second-order valence-corrected chi connectivity index (χ2v) is 6.57. The molecule has 8 nitrogen and oxygen atoms in total. The summed E-state index contributed by atoms with van der Waals surface area (Å²) in [5.41, 5.74) is 0. The summed E-state index contributed by atoms with van der Waals surface area (Å²) in [6.45, 7) is 6.26. The van der Waals surface area contributed by atoms with Gasteiger partial charge < -0.3 is 19.9 Å². The Balaban J connectivity index is 1.36. The number of hydrogen-bond donors (Lipinski definition) is 1. The Morgan fingerprint density at radius 1 is 1.04 bits per heavy atom. The molecule has 3 saturated heterocycles. The smallest absolute Gasteiger partial charge is 0.245 e. The number of ether oxygens (including phenoxy) is 1. The van der Waals surface area contributed by atoms with Crippen LogP contribution in [0.5, 0.6) is 0 Å². The van der Waals surface area contributed by atoms with Crippen molar-refractivity contribution in [1.29, 1.82) is 0 Å². The van der Waals surface area contributed by atoms with Crippen LogP contribution in [0, 0.1) is 0 Å². The van der Waals surface area contributed by atoms with Gasteiger partial charge in [0.1, 0.15) is 6.04 Å². The number of amides is 3. The highest BCUT2D eigenvalue weighted by atomic mass is 16.5. The summed E-state index contributed by atoms with van der Waals surface area (Å²) in [5, 5.41) is 2.73. The molecule has 0 bridgehead atoms. The first kappa shape index (κ1) is 17.2. The summed E-state index contributed by atoms with van der Waals surface area (Å²) in [6.07, 6.45) is 1.57. The molecule has 3 heterocycles. The zero-order valence-electron chi connectivity index (χ0n) is 14.0. The first-order chi connectivity index (χ1) is 11.6. The fraction of sp³-hybridized carbons (Fsp3) is 0.812. The molecule has 0 aromatic heterocycles. The van der Waals surface area contributed by atoms with Crippen LogP contribution < -0.4 is 5.32 Å². The topological polar surface area (TPSA) is 82.2 Å². The Bertz CT molecular complexity index is 484. The van der Waals surface area contributed by atoms with Gasteiger partial charge in [-0.2, -0.15) is 0 Å². The number of carbonyl (C=O) groups excluding carboxylic acids is 3. The molecule has 0 spiro atoms. The first-order valence-electron chi connectivity index (χ1n) is 8.79. The highest BCUT2D eigenvalue weighted by Gasteiger charge is 2.32. The quantitative estimate of drug-likeness (QED) is 0.686. The van der Waals surface area contributed by atoms with Crippen LogP contribution in [0.3, 0.4) is 0 Å². The first-order valence-corrected chi connectivity index (χ1v) is 8.79. The lowest BCUT2D eigenvalue weighted by atomic mass is 10.2. The van der Waals surface area contributed by atoms with Crippen molar-refractivity contribution >= 4 is 17.7 Å². The lowest BCUT2D eigenvalue weighted by molar-refractivity contribution is -0.137. The van der Waals surface area contributed by atoms with Crippen molar-refractivity contribution in [1.82, 2.24) is 20.0 Å². The molecular formula is C16H26N4O4. The zero-order chi connectivity index (χ0) is 16.9. The van der Waals surface area contributed by atoms with Gasteiger partial charge in [-0.05, 0) is 6.42 Å². The standard InChI is InChI=1S/C16H26N4O4/c21-14-2-1-13(17-14)16(23)20-7-5-18(6-8-20)4-3-15(22)19-9-11-24-12-10-19/h13H,1-12H2,(H,17,21). The number of rotatable bonds is 4. The predicted molar refractivity (Wildman–Crippen MR) is 86.2 cm³/mol. The van der Waals surface area contributed by atoms with Crippen LogP contribution in [-0.2, 0) is 19.1 Å². The number of nitrogens with zero attached hydrogens (tertiary/aromatic N) is 3. The minimum atomic E-state index is -0.341. The van der Waals surface area contributed by atoms with Gasteiger partial charge in [-0.25, -0.2) is 0 Å². The minimum Gasteiger partial charge on any atom is -0.378 e. The number of hydrogen-bond acceptors (Lipinski definition) is 5. The van der Waals surface area contributed by atoms with E-state index in [0.29, 0.717) is 58.7 Å². The molecular weight excluding hydrogens is 312 g/mol. The van der Waals surface area contributed by atoms with Crippen LogP contribution in [0.4, 0.5) is 0 Å². The molecule has 0 aliphatic carbocycles. The third-order valence-electron chi connectivity index (χ3n) is 4.98. The lowest BCUT2D eigenvalue weighted by Crippen LogP contribution is -2.53. The number of piperazine rings is 1.